The number of para-hydroxylation sites is 1. The van der Waals surface area contributed by atoms with Gasteiger partial charge >= 0.3 is 0 Å². The smallest absolute Gasteiger partial charge is 0.230 e. The van der Waals surface area contributed by atoms with E-state index in [1.165, 1.54) is 4.70 Å². The standard InChI is InChI=1S/C13H9ClNOS/c14-10-4-3-5-11(8-10)16-15-9-17-13-7-2-1-6-12(13)15/h1-9H/q+1. The number of thiazole rings is 1. The molecule has 17 heavy (non-hydrogen) atoms. The Labute approximate surface area is 108 Å². The first-order valence-electron chi connectivity index (χ1n) is 5.15. The molecule has 3 aromatic rings. The van der Waals surface area contributed by atoms with E-state index < -0.39 is 0 Å². The quantitative estimate of drug-likeness (QED) is 0.642. The average Bonchev–Trinajstić information content (AvgIpc) is 2.73. The number of nitrogens with zero attached hydrogens (tertiary/aromatic N) is 1. The molecule has 84 valence electrons. The van der Waals surface area contributed by atoms with Crippen LogP contribution >= 0.6 is 22.9 Å². The van der Waals surface area contributed by atoms with Gasteiger partial charge in [0.15, 0.2) is 0 Å². The molecule has 2 aromatic carbocycles. The third-order valence-electron chi connectivity index (χ3n) is 2.38. The zero-order valence-corrected chi connectivity index (χ0v) is 10.4. The second-order valence-electron chi connectivity index (χ2n) is 3.57. The van der Waals surface area contributed by atoms with Gasteiger partial charge in [0.2, 0.25) is 5.75 Å². The van der Waals surface area contributed by atoms with Gasteiger partial charge in [-0.1, -0.05) is 41.1 Å². The van der Waals surface area contributed by atoms with E-state index in [1.54, 1.807) is 22.1 Å². The SMILES string of the molecule is Clc1cccc(O[n+]2csc3ccccc32)c1. The molecule has 3 rings (SSSR count). The van der Waals surface area contributed by atoms with E-state index in [2.05, 4.69) is 6.07 Å². The fourth-order valence-electron chi connectivity index (χ4n) is 1.61. The van der Waals surface area contributed by atoms with Gasteiger partial charge in [-0.05, 0) is 18.2 Å². The van der Waals surface area contributed by atoms with Crippen LogP contribution in [0.1, 0.15) is 0 Å². The highest BCUT2D eigenvalue weighted by Gasteiger charge is 2.13. The van der Waals surface area contributed by atoms with Crippen LogP contribution in [0, 0.1) is 0 Å². The van der Waals surface area contributed by atoms with Crippen molar-refractivity contribution in [3.8, 4) is 5.75 Å². The Balaban J connectivity index is 2.00. The number of benzene rings is 2. The lowest BCUT2D eigenvalue weighted by molar-refractivity contribution is -0.851. The third-order valence-corrected chi connectivity index (χ3v) is 3.51. The number of hydrogen-bond acceptors (Lipinski definition) is 2. The zero-order valence-electron chi connectivity index (χ0n) is 8.84. The predicted molar refractivity (Wildman–Crippen MR) is 69.5 cm³/mol. The molecule has 1 aromatic heterocycles. The maximum Gasteiger partial charge on any atom is 0.278 e. The maximum absolute atomic E-state index is 5.92. The Hall–Kier alpha value is -1.58. The molecule has 0 atom stereocenters. The highest BCUT2D eigenvalue weighted by Crippen LogP contribution is 2.19. The molecule has 0 aliphatic carbocycles. The van der Waals surface area contributed by atoms with Crippen molar-refractivity contribution in [2.45, 2.75) is 0 Å². The molecule has 1 heterocycles. The largest absolute Gasteiger partial charge is 0.278 e. The highest BCUT2D eigenvalue weighted by atomic mass is 35.5. The van der Waals surface area contributed by atoms with E-state index in [0.717, 1.165) is 11.3 Å². The van der Waals surface area contributed by atoms with Gasteiger partial charge in [0, 0.05) is 21.9 Å². The van der Waals surface area contributed by atoms with Crippen molar-refractivity contribution in [3.63, 3.8) is 0 Å². The molecule has 0 saturated heterocycles. The van der Waals surface area contributed by atoms with Gasteiger partial charge in [0.05, 0.1) is 0 Å². The van der Waals surface area contributed by atoms with Crippen LogP contribution in [0.3, 0.4) is 0 Å². The minimum absolute atomic E-state index is 0.669. The fraction of sp³-hybridized carbons (Fsp3) is 0. The maximum atomic E-state index is 5.92. The van der Waals surface area contributed by atoms with Crippen molar-refractivity contribution in [2.75, 3.05) is 0 Å². The number of hydrogen-bond donors (Lipinski definition) is 0. The first-order chi connectivity index (χ1) is 8.33. The zero-order chi connectivity index (χ0) is 11.7. The highest BCUT2D eigenvalue weighted by molar-refractivity contribution is 7.16. The molecule has 0 N–H and O–H groups in total. The first-order valence-corrected chi connectivity index (χ1v) is 6.40. The molecule has 0 radical (unpaired) electrons. The van der Waals surface area contributed by atoms with Gasteiger partial charge < -0.3 is 0 Å². The molecule has 2 nitrogen and oxygen atoms in total. The molecule has 0 aliphatic heterocycles. The predicted octanol–water partition coefficient (Wildman–Crippen LogP) is 3.68. The van der Waals surface area contributed by atoms with Crippen LogP contribution in [0.2, 0.25) is 5.02 Å². The van der Waals surface area contributed by atoms with Crippen molar-refractivity contribution in [3.05, 3.63) is 59.1 Å². The summed E-state index contributed by atoms with van der Waals surface area (Å²) in [6.07, 6.45) is 0. The van der Waals surface area contributed by atoms with Crippen LogP contribution in [0.15, 0.2) is 54.0 Å². The van der Waals surface area contributed by atoms with Crippen LogP contribution in [0.5, 0.6) is 5.75 Å². The Kier molecular flexibility index (Phi) is 2.71. The summed E-state index contributed by atoms with van der Waals surface area (Å²) in [5.74, 6) is 0.728. The second-order valence-corrected chi connectivity index (χ2v) is 4.89. The van der Waals surface area contributed by atoms with E-state index in [9.17, 15) is 0 Å². The normalized spacial score (nSPS) is 10.6. The summed E-state index contributed by atoms with van der Waals surface area (Å²) in [4.78, 5) is 5.76. The number of rotatable bonds is 2. The van der Waals surface area contributed by atoms with Crippen LogP contribution < -0.4 is 9.57 Å². The lowest BCUT2D eigenvalue weighted by atomic mass is 10.3. The van der Waals surface area contributed by atoms with Gasteiger partial charge in [-0.3, -0.25) is 0 Å². The Morgan fingerprint density at radius 2 is 1.94 bits per heavy atom. The summed E-state index contributed by atoms with van der Waals surface area (Å²) < 4.78 is 2.94. The fourth-order valence-corrected chi connectivity index (χ4v) is 2.59. The van der Waals surface area contributed by atoms with E-state index in [4.69, 9.17) is 16.4 Å². The molecule has 0 saturated carbocycles. The Bertz CT molecular complexity index is 665. The lowest BCUT2D eigenvalue weighted by Crippen LogP contribution is -2.37. The lowest BCUT2D eigenvalue weighted by Gasteiger charge is -1.96. The number of halogens is 1. The minimum atomic E-state index is 0.669. The van der Waals surface area contributed by atoms with E-state index in [-0.39, 0.29) is 0 Å². The van der Waals surface area contributed by atoms with Gasteiger partial charge in [-0.15, -0.1) is 0 Å². The van der Waals surface area contributed by atoms with Gasteiger partial charge in [-0.25, -0.2) is 4.84 Å². The van der Waals surface area contributed by atoms with E-state index >= 15 is 0 Å². The molecule has 4 heteroatoms. The molecule has 0 fully saturated rings. The molecular formula is C13H9ClNOS+. The Morgan fingerprint density at radius 1 is 1.06 bits per heavy atom. The number of fused-ring (bicyclic) bond motifs is 1. The monoisotopic (exact) mass is 262 g/mol. The molecule has 0 bridgehead atoms. The topological polar surface area (TPSA) is 13.1 Å². The molecule has 0 amide bonds. The van der Waals surface area contributed by atoms with Crippen LogP contribution in [0.25, 0.3) is 10.2 Å². The first kappa shape index (κ1) is 10.6. The van der Waals surface area contributed by atoms with Crippen molar-refractivity contribution < 1.29 is 9.57 Å². The average molecular weight is 263 g/mol. The molecule has 0 spiro atoms. The molecule has 0 unspecified atom stereocenters. The molecule has 0 aliphatic rings. The minimum Gasteiger partial charge on any atom is -0.230 e. The van der Waals surface area contributed by atoms with Crippen molar-refractivity contribution in [1.29, 1.82) is 0 Å². The third kappa shape index (κ3) is 2.12. The summed E-state index contributed by atoms with van der Waals surface area (Å²) in [5.41, 5.74) is 2.99. The van der Waals surface area contributed by atoms with Crippen molar-refractivity contribution >= 4 is 33.2 Å². The van der Waals surface area contributed by atoms with Gasteiger partial charge in [0.1, 0.15) is 4.70 Å². The van der Waals surface area contributed by atoms with Crippen molar-refractivity contribution in [2.24, 2.45) is 0 Å². The second kappa shape index (κ2) is 4.35. The van der Waals surface area contributed by atoms with Crippen molar-refractivity contribution in [1.82, 2.24) is 0 Å². The van der Waals surface area contributed by atoms with E-state index in [1.807, 2.05) is 41.9 Å². The summed E-state index contributed by atoms with van der Waals surface area (Å²) in [5, 5.41) is 0.669. The van der Waals surface area contributed by atoms with Gasteiger partial charge in [-0.2, -0.15) is 0 Å². The van der Waals surface area contributed by atoms with Gasteiger partial charge in [0.25, 0.3) is 11.0 Å². The van der Waals surface area contributed by atoms with Crippen LogP contribution in [0.4, 0.5) is 0 Å². The summed E-state index contributed by atoms with van der Waals surface area (Å²) in [7, 11) is 0. The summed E-state index contributed by atoms with van der Waals surface area (Å²) in [6.45, 7) is 0. The Morgan fingerprint density at radius 3 is 2.82 bits per heavy atom. The molecular weight excluding hydrogens is 254 g/mol. The van der Waals surface area contributed by atoms with E-state index in [0.29, 0.717) is 5.02 Å². The summed E-state index contributed by atoms with van der Waals surface area (Å²) in [6, 6.07) is 15.5. The van der Waals surface area contributed by atoms with Crippen LogP contribution in [-0.2, 0) is 0 Å². The van der Waals surface area contributed by atoms with Crippen LogP contribution in [-0.4, -0.2) is 0 Å². The summed E-state index contributed by atoms with van der Waals surface area (Å²) >= 11 is 7.56. The number of aromatic nitrogens is 1.